The fourth-order valence-corrected chi connectivity index (χ4v) is 4.47. The van der Waals surface area contributed by atoms with E-state index in [2.05, 4.69) is 15.8 Å². The Morgan fingerprint density at radius 3 is 2.35 bits per heavy atom. The number of nitrogens with zero attached hydrogens (tertiary/aromatic N) is 1. The molecule has 0 spiro atoms. The van der Waals surface area contributed by atoms with Crippen LogP contribution >= 0.6 is 0 Å². The second-order valence-corrected chi connectivity index (χ2v) is 9.02. The SMILES string of the molecule is CCOC(=O)C[C@H]1C[C@@H](COc2ccc(-c3ccc(C4=NC(c5ccccc5)ON4)cc3)cc2)NC1=O. The molecule has 0 aliphatic carbocycles. The fourth-order valence-electron chi connectivity index (χ4n) is 4.47. The van der Waals surface area contributed by atoms with Crippen LogP contribution in [-0.4, -0.2) is 37.0 Å². The Balaban J connectivity index is 1.14. The second-order valence-electron chi connectivity index (χ2n) is 9.02. The first kappa shape index (κ1) is 24.5. The van der Waals surface area contributed by atoms with E-state index in [0.717, 1.165) is 28.0 Å². The molecule has 0 radical (unpaired) electrons. The van der Waals surface area contributed by atoms with E-state index >= 15 is 0 Å². The average Bonchev–Trinajstić information content (AvgIpc) is 3.56. The molecular formula is C29H29N3O5. The topological polar surface area (TPSA) is 98.2 Å². The maximum Gasteiger partial charge on any atom is 0.306 e. The summed E-state index contributed by atoms with van der Waals surface area (Å²) in [5.41, 5.74) is 7.00. The number of amidine groups is 1. The van der Waals surface area contributed by atoms with Crippen molar-refractivity contribution in [2.75, 3.05) is 13.2 Å². The number of esters is 1. The van der Waals surface area contributed by atoms with Crippen molar-refractivity contribution in [2.45, 2.75) is 32.0 Å². The summed E-state index contributed by atoms with van der Waals surface area (Å²) in [4.78, 5) is 34.1. The lowest BCUT2D eigenvalue weighted by molar-refractivity contribution is -0.145. The van der Waals surface area contributed by atoms with E-state index < -0.39 is 0 Å². The summed E-state index contributed by atoms with van der Waals surface area (Å²) in [5.74, 6) is 0.593. The van der Waals surface area contributed by atoms with Gasteiger partial charge in [-0.3, -0.25) is 9.59 Å². The number of benzene rings is 3. The van der Waals surface area contributed by atoms with Gasteiger partial charge < -0.3 is 14.8 Å². The second kappa shape index (κ2) is 11.3. The molecule has 1 saturated heterocycles. The minimum Gasteiger partial charge on any atom is -0.491 e. The van der Waals surface area contributed by atoms with E-state index in [4.69, 9.17) is 14.3 Å². The number of hydroxylamine groups is 1. The average molecular weight is 500 g/mol. The van der Waals surface area contributed by atoms with E-state index in [-0.39, 0.29) is 36.5 Å². The minimum atomic E-state index is -0.362. The van der Waals surface area contributed by atoms with Crippen molar-refractivity contribution in [1.82, 2.24) is 10.8 Å². The van der Waals surface area contributed by atoms with Crippen LogP contribution in [-0.2, 0) is 19.2 Å². The maximum absolute atomic E-state index is 12.1. The molecule has 3 atom stereocenters. The monoisotopic (exact) mass is 499 g/mol. The van der Waals surface area contributed by atoms with Gasteiger partial charge in [0.05, 0.1) is 25.0 Å². The highest BCUT2D eigenvalue weighted by atomic mass is 16.7. The van der Waals surface area contributed by atoms with E-state index in [1.54, 1.807) is 6.92 Å². The summed E-state index contributed by atoms with van der Waals surface area (Å²) in [6.07, 6.45) is 0.303. The Kier molecular flexibility index (Phi) is 7.46. The van der Waals surface area contributed by atoms with Gasteiger partial charge >= 0.3 is 5.97 Å². The molecular weight excluding hydrogens is 470 g/mol. The fraction of sp³-hybridized carbons (Fsp3) is 0.276. The quantitative estimate of drug-likeness (QED) is 0.429. The smallest absolute Gasteiger partial charge is 0.306 e. The molecule has 0 saturated carbocycles. The number of hydrogen-bond acceptors (Lipinski definition) is 7. The molecule has 1 unspecified atom stereocenters. The van der Waals surface area contributed by atoms with Gasteiger partial charge in [0.25, 0.3) is 0 Å². The van der Waals surface area contributed by atoms with Gasteiger partial charge in [0.1, 0.15) is 12.4 Å². The predicted octanol–water partition coefficient (Wildman–Crippen LogP) is 4.17. The van der Waals surface area contributed by atoms with Crippen molar-refractivity contribution in [3.8, 4) is 16.9 Å². The zero-order chi connectivity index (χ0) is 25.6. The third kappa shape index (κ3) is 5.98. The largest absolute Gasteiger partial charge is 0.491 e. The van der Waals surface area contributed by atoms with Crippen LogP contribution in [0.15, 0.2) is 83.9 Å². The normalized spacial score (nSPS) is 20.6. The zero-order valence-electron chi connectivity index (χ0n) is 20.6. The summed E-state index contributed by atoms with van der Waals surface area (Å²) in [5, 5.41) is 2.90. The van der Waals surface area contributed by atoms with Crippen LogP contribution < -0.4 is 15.5 Å². The van der Waals surface area contributed by atoms with Crippen molar-refractivity contribution < 1.29 is 23.9 Å². The highest BCUT2D eigenvalue weighted by Crippen LogP contribution is 2.26. The highest BCUT2D eigenvalue weighted by Gasteiger charge is 2.34. The summed E-state index contributed by atoms with van der Waals surface area (Å²) in [6, 6.07) is 25.7. The summed E-state index contributed by atoms with van der Waals surface area (Å²) >= 11 is 0. The Morgan fingerprint density at radius 1 is 0.973 bits per heavy atom. The third-order valence-corrected chi connectivity index (χ3v) is 6.40. The van der Waals surface area contributed by atoms with Gasteiger partial charge in [0, 0.05) is 11.1 Å². The Hall–Kier alpha value is -4.17. The molecule has 2 N–H and O–H groups in total. The van der Waals surface area contributed by atoms with Gasteiger partial charge in [0.15, 0.2) is 5.84 Å². The number of hydrogen-bond donors (Lipinski definition) is 2. The summed E-state index contributed by atoms with van der Waals surface area (Å²) in [6.45, 7) is 2.42. The Labute approximate surface area is 215 Å². The van der Waals surface area contributed by atoms with E-state index in [0.29, 0.717) is 25.5 Å². The third-order valence-electron chi connectivity index (χ3n) is 6.40. The van der Waals surface area contributed by atoms with Crippen LogP contribution in [0.1, 0.15) is 37.1 Å². The molecule has 2 heterocycles. The molecule has 5 rings (SSSR count). The summed E-state index contributed by atoms with van der Waals surface area (Å²) < 4.78 is 10.8. The van der Waals surface area contributed by atoms with Gasteiger partial charge in [-0.15, -0.1) is 0 Å². The molecule has 2 aliphatic rings. The van der Waals surface area contributed by atoms with Crippen LogP contribution in [0.5, 0.6) is 5.75 Å². The van der Waals surface area contributed by atoms with Gasteiger partial charge in [-0.25, -0.2) is 15.3 Å². The van der Waals surface area contributed by atoms with E-state index in [1.165, 1.54) is 0 Å². The van der Waals surface area contributed by atoms with Gasteiger partial charge in [-0.05, 0) is 36.6 Å². The molecule has 1 fully saturated rings. The van der Waals surface area contributed by atoms with Crippen LogP contribution in [0.3, 0.4) is 0 Å². The zero-order valence-corrected chi connectivity index (χ0v) is 20.6. The first-order valence-electron chi connectivity index (χ1n) is 12.4. The highest BCUT2D eigenvalue weighted by molar-refractivity contribution is 5.99. The Morgan fingerprint density at radius 2 is 1.65 bits per heavy atom. The number of carbonyl (C=O) groups is 2. The Bertz CT molecular complexity index is 1260. The number of ether oxygens (including phenoxy) is 2. The molecule has 8 heteroatoms. The van der Waals surface area contributed by atoms with Crippen molar-refractivity contribution in [2.24, 2.45) is 10.9 Å². The van der Waals surface area contributed by atoms with E-state index in [9.17, 15) is 9.59 Å². The van der Waals surface area contributed by atoms with Crippen molar-refractivity contribution in [3.05, 3.63) is 90.0 Å². The van der Waals surface area contributed by atoms with Crippen molar-refractivity contribution >= 4 is 17.7 Å². The predicted molar refractivity (Wildman–Crippen MR) is 139 cm³/mol. The van der Waals surface area contributed by atoms with Crippen LogP contribution in [0.4, 0.5) is 0 Å². The number of rotatable bonds is 9. The molecule has 3 aromatic rings. The summed E-state index contributed by atoms with van der Waals surface area (Å²) in [7, 11) is 0. The minimum absolute atomic E-state index is 0.105. The van der Waals surface area contributed by atoms with Gasteiger partial charge in [-0.1, -0.05) is 66.7 Å². The molecule has 1 amide bonds. The van der Waals surface area contributed by atoms with Crippen LogP contribution in [0.25, 0.3) is 11.1 Å². The molecule has 190 valence electrons. The van der Waals surface area contributed by atoms with Crippen molar-refractivity contribution in [3.63, 3.8) is 0 Å². The van der Waals surface area contributed by atoms with Crippen molar-refractivity contribution in [1.29, 1.82) is 0 Å². The van der Waals surface area contributed by atoms with Gasteiger partial charge in [0.2, 0.25) is 12.1 Å². The molecule has 2 aliphatic heterocycles. The van der Waals surface area contributed by atoms with Crippen LogP contribution in [0.2, 0.25) is 0 Å². The lowest BCUT2D eigenvalue weighted by Gasteiger charge is -2.12. The lowest BCUT2D eigenvalue weighted by atomic mass is 10.0. The number of amides is 1. The number of nitrogens with one attached hydrogen (secondary N) is 2. The molecule has 8 nitrogen and oxygen atoms in total. The molecule has 37 heavy (non-hydrogen) atoms. The first-order valence-corrected chi connectivity index (χ1v) is 12.4. The van der Waals surface area contributed by atoms with Crippen LogP contribution in [0, 0.1) is 5.92 Å². The lowest BCUT2D eigenvalue weighted by Crippen LogP contribution is -2.31. The van der Waals surface area contributed by atoms with E-state index in [1.807, 2.05) is 78.9 Å². The number of carbonyl (C=O) groups excluding carboxylic acids is 2. The maximum atomic E-state index is 12.1. The standard InChI is InChI=1S/C29H29N3O5/c1-2-35-26(33)17-23-16-24(30-28(23)34)18-36-25-14-12-20(13-15-25)19-8-10-21(11-9-19)27-31-29(37-32-27)22-6-4-3-5-7-22/h3-15,23-24,29H,2,16-18H2,1H3,(H,30,34)(H,31,32)/t23-,24+,29?/m1/s1. The molecule has 0 aromatic heterocycles. The first-order chi connectivity index (χ1) is 18.1. The van der Waals surface area contributed by atoms with Gasteiger partial charge in [-0.2, -0.15) is 0 Å². The molecule has 0 bridgehead atoms. The molecule has 3 aromatic carbocycles. The number of aliphatic imine (C=N–C) groups is 1.